The first-order chi connectivity index (χ1) is 11.1. The quantitative estimate of drug-likeness (QED) is 0.743. The molecule has 1 aromatic rings. The van der Waals surface area contributed by atoms with E-state index in [1.165, 1.54) is 11.2 Å². The molecule has 0 amide bonds. The van der Waals surface area contributed by atoms with Gasteiger partial charge in [-0.05, 0) is 19.8 Å². The van der Waals surface area contributed by atoms with E-state index in [2.05, 4.69) is 9.82 Å². The molecule has 138 valence electrons. The number of nitrogens with one attached hydrogen (secondary N) is 1. The average Bonchev–Trinajstić information content (AvgIpc) is 2.90. The number of sulfonamides is 2. The van der Waals surface area contributed by atoms with Gasteiger partial charge in [-0.1, -0.05) is 6.42 Å². The lowest BCUT2D eigenvalue weighted by atomic mass is 10.2. The maximum atomic E-state index is 12.6. The summed E-state index contributed by atoms with van der Waals surface area (Å²) < 4.78 is 77.6. The Morgan fingerprint density at radius 2 is 1.83 bits per heavy atom. The normalized spacial score (nSPS) is 17.5. The largest absolute Gasteiger partial charge is 0.333 e. The number of piperidine rings is 1. The predicted molar refractivity (Wildman–Crippen MR) is 82.6 cm³/mol. The summed E-state index contributed by atoms with van der Waals surface area (Å²) in [6.45, 7) is -1.20. The van der Waals surface area contributed by atoms with Crippen LogP contribution in [0.5, 0.6) is 0 Å². The van der Waals surface area contributed by atoms with Crippen LogP contribution < -0.4 is 4.72 Å². The third-order valence-corrected chi connectivity index (χ3v) is 7.27. The Bertz CT molecular complexity index is 771. The summed E-state index contributed by atoms with van der Waals surface area (Å²) in [5, 5.41) is 3.33. The molecule has 2 rings (SSSR count). The Labute approximate surface area is 139 Å². The fourth-order valence-corrected chi connectivity index (χ4v) is 5.28. The summed E-state index contributed by atoms with van der Waals surface area (Å²) >= 11 is 0. The molecule has 0 unspecified atom stereocenters. The fraction of sp³-hybridized carbons (Fsp3) is 0.750. The summed E-state index contributed by atoms with van der Waals surface area (Å²) in [7, 11) is -7.65. The van der Waals surface area contributed by atoms with Gasteiger partial charge in [0.15, 0.2) is 0 Å². The molecule has 1 aliphatic rings. The molecule has 1 aromatic heterocycles. The second kappa shape index (κ2) is 7.42. The van der Waals surface area contributed by atoms with Crippen molar-refractivity contribution in [2.24, 2.45) is 0 Å². The molecule has 0 radical (unpaired) electrons. The van der Waals surface area contributed by atoms with Crippen molar-refractivity contribution in [2.75, 3.05) is 25.4 Å². The van der Waals surface area contributed by atoms with Crippen molar-refractivity contribution in [1.82, 2.24) is 18.8 Å². The standard InChI is InChI=1S/C12H20F2N4O4S2/c1-10-11(9-15-18(10)12(13)14)24(21,22)16-5-8-23(19,20)17-6-3-2-4-7-17/h9,12,16H,2-8H2,1H3. The van der Waals surface area contributed by atoms with Crippen LogP contribution in [0.1, 0.15) is 31.5 Å². The first-order valence-electron chi connectivity index (χ1n) is 7.45. The highest BCUT2D eigenvalue weighted by molar-refractivity contribution is 7.90. The smallest absolute Gasteiger partial charge is 0.212 e. The van der Waals surface area contributed by atoms with E-state index < -0.39 is 31.5 Å². The third kappa shape index (κ3) is 4.29. The molecule has 0 saturated carbocycles. The zero-order valence-corrected chi connectivity index (χ0v) is 14.8. The number of alkyl halides is 2. The van der Waals surface area contributed by atoms with Gasteiger partial charge < -0.3 is 0 Å². The SMILES string of the molecule is Cc1c(S(=O)(=O)NCCS(=O)(=O)N2CCCCC2)cnn1C(F)F. The van der Waals surface area contributed by atoms with Gasteiger partial charge in [0.1, 0.15) is 4.90 Å². The summed E-state index contributed by atoms with van der Waals surface area (Å²) in [5.41, 5.74) is -0.212. The lowest BCUT2D eigenvalue weighted by molar-refractivity contribution is 0.0541. The van der Waals surface area contributed by atoms with E-state index in [0.717, 1.165) is 25.5 Å². The number of rotatable bonds is 7. The third-order valence-electron chi connectivity index (χ3n) is 3.83. The summed E-state index contributed by atoms with van der Waals surface area (Å²) in [5.74, 6) is -0.381. The van der Waals surface area contributed by atoms with Gasteiger partial charge in [-0.25, -0.2) is 30.5 Å². The van der Waals surface area contributed by atoms with Gasteiger partial charge in [0.25, 0.3) is 0 Å². The molecule has 1 aliphatic heterocycles. The van der Waals surface area contributed by atoms with Crippen LogP contribution in [-0.2, 0) is 20.0 Å². The highest BCUT2D eigenvalue weighted by Gasteiger charge is 2.26. The van der Waals surface area contributed by atoms with Crippen molar-refractivity contribution in [3.8, 4) is 0 Å². The highest BCUT2D eigenvalue weighted by Crippen LogP contribution is 2.19. The molecule has 12 heteroatoms. The maximum absolute atomic E-state index is 12.6. The molecule has 0 bridgehead atoms. The topological polar surface area (TPSA) is 101 Å². The van der Waals surface area contributed by atoms with E-state index in [4.69, 9.17) is 0 Å². The number of halogens is 2. The van der Waals surface area contributed by atoms with Crippen molar-refractivity contribution in [3.63, 3.8) is 0 Å². The minimum absolute atomic E-state index is 0.212. The Hall–Kier alpha value is -1.11. The summed E-state index contributed by atoms with van der Waals surface area (Å²) in [4.78, 5) is -0.391. The van der Waals surface area contributed by atoms with E-state index in [-0.39, 0.29) is 18.0 Å². The maximum Gasteiger partial charge on any atom is 0.333 e. The van der Waals surface area contributed by atoms with Crippen LogP contribution in [-0.4, -0.2) is 56.3 Å². The van der Waals surface area contributed by atoms with Gasteiger partial charge in [-0.15, -0.1) is 0 Å². The van der Waals surface area contributed by atoms with Gasteiger partial charge in [-0.3, -0.25) is 0 Å². The van der Waals surface area contributed by atoms with Crippen LogP contribution in [0.3, 0.4) is 0 Å². The Morgan fingerprint density at radius 1 is 1.21 bits per heavy atom. The molecule has 2 heterocycles. The van der Waals surface area contributed by atoms with E-state index >= 15 is 0 Å². The lowest BCUT2D eigenvalue weighted by Crippen LogP contribution is -2.40. The minimum atomic E-state index is -4.11. The van der Waals surface area contributed by atoms with Gasteiger partial charge >= 0.3 is 6.55 Å². The average molecular weight is 386 g/mol. The van der Waals surface area contributed by atoms with E-state index in [0.29, 0.717) is 17.8 Å². The lowest BCUT2D eigenvalue weighted by Gasteiger charge is -2.25. The van der Waals surface area contributed by atoms with Crippen LogP contribution >= 0.6 is 0 Å². The van der Waals surface area contributed by atoms with Crippen molar-refractivity contribution in [3.05, 3.63) is 11.9 Å². The van der Waals surface area contributed by atoms with Crippen LogP contribution in [0.15, 0.2) is 11.1 Å². The van der Waals surface area contributed by atoms with Crippen molar-refractivity contribution < 1.29 is 25.6 Å². The van der Waals surface area contributed by atoms with Gasteiger partial charge in [0, 0.05) is 19.6 Å². The fourth-order valence-electron chi connectivity index (χ4n) is 2.52. The molecular weight excluding hydrogens is 366 g/mol. The van der Waals surface area contributed by atoms with E-state index in [1.807, 2.05) is 0 Å². The molecule has 1 saturated heterocycles. The Morgan fingerprint density at radius 3 is 2.38 bits per heavy atom. The second-order valence-electron chi connectivity index (χ2n) is 5.49. The van der Waals surface area contributed by atoms with Crippen LogP contribution in [0, 0.1) is 6.92 Å². The monoisotopic (exact) mass is 386 g/mol. The number of hydrogen-bond donors (Lipinski definition) is 1. The highest BCUT2D eigenvalue weighted by atomic mass is 32.2. The van der Waals surface area contributed by atoms with Gasteiger partial charge in [0.05, 0.1) is 17.6 Å². The van der Waals surface area contributed by atoms with Crippen molar-refractivity contribution in [2.45, 2.75) is 37.6 Å². The Balaban J connectivity index is 2.00. The van der Waals surface area contributed by atoms with E-state index in [9.17, 15) is 25.6 Å². The molecule has 1 N–H and O–H groups in total. The molecule has 0 aliphatic carbocycles. The van der Waals surface area contributed by atoms with Crippen molar-refractivity contribution >= 4 is 20.0 Å². The molecule has 0 atom stereocenters. The van der Waals surface area contributed by atoms with Crippen LogP contribution in [0.4, 0.5) is 8.78 Å². The minimum Gasteiger partial charge on any atom is -0.212 e. The number of aromatic nitrogens is 2. The van der Waals surface area contributed by atoms with E-state index in [1.54, 1.807) is 0 Å². The van der Waals surface area contributed by atoms with Crippen molar-refractivity contribution in [1.29, 1.82) is 0 Å². The second-order valence-corrected chi connectivity index (χ2v) is 9.31. The first kappa shape index (κ1) is 19.2. The zero-order chi connectivity index (χ0) is 18.0. The van der Waals surface area contributed by atoms with Gasteiger partial charge in [0.2, 0.25) is 20.0 Å². The first-order valence-corrected chi connectivity index (χ1v) is 10.5. The summed E-state index contributed by atoms with van der Waals surface area (Å²) in [6, 6.07) is 0. The number of nitrogens with zero attached hydrogens (tertiary/aromatic N) is 3. The zero-order valence-electron chi connectivity index (χ0n) is 13.2. The summed E-state index contributed by atoms with van der Waals surface area (Å²) in [6.07, 6.45) is 3.38. The number of hydrogen-bond acceptors (Lipinski definition) is 5. The molecule has 0 aromatic carbocycles. The molecular formula is C12H20F2N4O4S2. The van der Waals surface area contributed by atoms with Crippen LogP contribution in [0.25, 0.3) is 0 Å². The molecule has 24 heavy (non-hydrogen) atoms. The predicted octanol–water partition coefficient (Wildman–Crippen LogP) is 0.681. The molecule has 1 fully saturated rings. The Kier molecular flexibility index (Phi) is 5.94. The van der Waals surface area contributed by atoms with Gasteiger partial charge in [-0.2, -0.15) is 13.9 Å². The molecule has 0 spiro atoms. The van der Waals surface area contributed by atoms with Crippen LogP contribution in [0.2, 0.25) is 0 Å². The molecule has 8 nitrogen and oxygen atoms in total.